The summed E-state index contributed by atoms with van der Waals surface area (Å²) < 4.78 is 42.4. The summed E-state index contributed by atoms with van der Waals surface area (Å²) >= 11 is 0. The summed E-state index contributed by atoms with van der Waals surface area (Å²) in [5, 5.41) is 4.04. The third kappa shape index (κ3) is 6.20. The topological polar surface area (TPSA) is 11.4 Å². The van der Waals surface area contributed by atoms with Crippen molar-refractivity contribution in [1.29, 1.82) is 0 Å². The molecule has 0 saturated heterocycles. The lowest BCUT2D eigenvalue weighted by Gasteiger charge is -2.32. The molecule has 1 heterocycles. The van der Waals surface area contributed by atoms with Crippen molar-refractivity contribution in [1.82, 2.24) is 4.57 Å². The van der Waals surface area contributed by atoms with Gasteiger partial charge in [-0.25, -0.2) is 0 Å². The quantitative estimate of drug-likeness (QED) is 0.150. The molecule has 0 N–H and O–H groups in total. The molecule has 2 aliphatic carbocycles. The highest BCUT2D eigenvalue weighted by Crippen LogP contribution is 2.63. The molecule has 2 aliphatic rings. The van der Waals surface area contributed by atoms with Crippen LogP contribution in [0.5, 0.6) is 0 Å². The van der Waals surface area contributed by atoms with Crippen molar-refractivity contribution in [3.05, 3.63) is 307 Å². The van der Waals surface area contributed by atoms with E-state index in [1.54, 1.807) is 0 Å². The fourth-order valence-electron chi connectivity index (χ4n) is 12.4. The second-order valence-electron chi connectivity index (χ2n) is 19.2. The first-order chi connectivity index (χ1) is 38.4. The number of hydrogen-bond acceptors (Lipinski definition) is 2. The molecular weight excluding hydrogens is 895 g/mol. The summed E-state index contributed by atoms with van der Waals surface area (Å²) in [6.45, 7) is 0. The molecule has 3 heteroatoms. The van der Waals surface area contributed by atoms with E-state index in [-0.39, 0.29) is 35.4 Å². The third-order valence-corrected chi connectivity index (χ3v) is 15.4. The number of para-hydroxylation sites is 4. The molecule has 0 amide bonds. The van der Waals surface area contributed by atoms with E-state index in [0.29, 0.717) is 5.56 Å². The van der Waals surface area contributed by atoms with E-state index in [0.717, 1.165) is 72.4 Å². The highest BCUT2D eigenvalue weighted by atomic mass is 15.2. The Morgan fingerprint density at radius 2 is 0.784 bits per heavy atom. The van der Waals surface area contributed by atoms with Gasteiger partial charge in [0.1, 0.15) is 0 Å². The lowest BCUT2D eigenvalue weighted by atomic mass is 9.70. The Hall–Kier alpha value is -9.70. The zero-order valence-corrected chi connectivity index (χ0v) is 40.2. The monoisotopic (exact) mass is 945 g/mol. The molecule has 0 atom stereocenters. The van der Waals surface area contributed by atoms with Crippen molar-refractivity contribution in [2.45, 2.75) is 5.41 Å². The van der Waals surface area contributed by atoms with Gasteiger partial charge < -0.3 is 14.4 Å². The molecule has 74 heavy (non-hydrogen) atoms. The summed E-state index contributed by atoms with van der Waals surface area (Å²) in [5.74, 6) is 0. The maximum atomic E-state index is 10.1. The molecule has 3 nitrogen and oxygen atoms in total. The Morgan fingerprint density at radius 3 is 1.46 bits per heavy atom. The Balaban J connectivity index is 0.903. The maximum Gasteiger partial charge on any atom is 0.0726 e. The van der Waals surface area contributed by atoms with Crippen LogP contribution in [0.1, 0.15) is 27.7 Å². The fourth-order valence-corrected chi connectivity index (χ4v) is 12.4. The van der Waals surface area contributed by atoms with Crippen molar-refractivity contribution in [3.63, 3.8) is 0 Å². The first kappa shape index (κ1) is 38.0. The molecule has 1 aromatic heterocycles. The Kier molecular flexibility index (Phi) is 8.58. The summed E-state index contributed by atoms with van der Waals surface area (Å²) in [6.07, 6.45) is 0. The minimum Gasteiger partial charge on any atom is -0.310 e. The van der Waals surface area contributed by atoms with Crippen molar-refractivity contribution in [2.75, 3.05) is 9.80 Å². The Morgan fingerprint density at radius 1 is 0.297 bits per heavy atom. The standard InChI is InChI=1S/C71H47N3/c1-4-20-49(21-5-1)72(53-42-44-60-59-28-12-16-35-66(59)71(67(60)46-53)64-33-14-10-26-57(64)58-27-11-15-34-65(58)71)52-40-38-48(39-41-52)55-30-18-32-61-56(55)31-19-37-68(61)73(50-22-6-2-7-23-50)54-43-45-63-62-29-13-17-36-69(62)74(70(63)47-54)51-24-8-3-9-25-51/h1-47H/i38D,39D,40D,41D. The minimum atomic E-state index is -0.617. The van der Waals surface area contributed by atoms with Gasteiger partial charge in [0, 0.05) is 50.3 Å². The highest BCUT2D eigenvalue weighted by Gasteiger charge is 2.51. The molecule has 0 unspecified atom stereocenters. The maximum absolute atomic E-state index is 10.1. The number of fused-ring (bicyclic) bond motifs is 14. The van der Waals surface area contributed by atoms with E-state index in [4.69, 9.17) is 0 Å². The van der Waals surface area contributed by atoms with E-state index in [1.807, 2.05) is 71.6 Å². The molecular formula is C71H47N3. The fraction of sp³-hybridized carbons (Fsp3) is 0.0141. The molecule has 15 rings (SSSR count). The van der Waals surface area contributed by atoms with Gasteiger partial charge >= 0.3 is 0 Å². The van der Waals surface area contributed by atoms with Crippen molar-refractivity contribution in [3.8, 4) is 39.1 Å². The summed E-state index contributed by atoms with van der Waals surface area (Å²) in [6, 6.07) is 90.1. The van der Waals surface area contributed by atoms with Crippen LogP contribution in [-0.4, -0.2) is 4.57 Å². The van der Waals surface area contributed by atoms with Gasteiger partial charge in [0.25, 0.3) is 0 Å². The average molecular weight is 946 g/mol. The molecule has 0 bridgehead atoms. The van der Waals surface area contributed by atoms with Crippen LogP contribution in [0, 0.1) is 0 Å². The van der Waals surface area contributed by atoms with Crippen LogP contribution >= 0.6 is 0 Å². The van der Waals surface area contributed by atoms with Gasteiger partial charge in [-0.2, -0.15) is 0 Å². The van der Waals surface area contributed by atoms with Gasteiger partial charge in [-0.05, 0) is 146 Å². The molecule has 0 saturated carbocycles. The summed E-state index contributed by atoms with van der Waals surface area (Å²) in [4.78, 5) is 4.19. The SMILES string of the molecule is [2H]c1c([2H])c(N(c2ccccc2)c2ccc3c(c2)C2(c4ccccc4-c4ccccc42)c2ccccc2-3)c([2H])c([2H])c1-c1cccc2c(N(c3ccccc3)c3ccc4c5ccccc5n(-c5ccccc5)c4c3)cccc12. The van der Waals surface area contributed by atoms with E-state index in [2.05, 4.69) is 204 Å². The average Bonchev–Trinajstić information content (AvgIpc) is 4.19. The Labute approximate surface area is 436 Å². The van der Waals surface area contributed by atoms with Crippen LogP contribution < -0.4 is 9.80 Å². The van der Waals surface area contributed by atoms with Gasteiger partial charge in [0.05, 0.1) is 27.6 Å². The minimum absolute atomic E-state index is 0.118. The van der Waals surface area contributed by atoms with Crippen molar-refractivity contribution >= 4 is 66.7 Å². The van der Waals surface area contributed by atoms with Crippen LogP contribution in [0.3, 0.4) is 0 Å². The predicted octanol–water partition coefficient (Wildman–Crippen LogP) is 18.9. The summed E-state index contributed by atoms with van der Waals surface area (Å²) in [5.41, 5.74) is 17.5. The lowest BCUT2D eigenvalue weighted by molar-refractivity contribution is 0.793. The van der Waals surface area contributed by atoms with E-state index < -0.39 is 5.41 Å². The van der Waals surface area contributed by atoms with Gasteiger partial charge in [-0.15, -0.1) is 0 Å². The van der Waals surface area contributed by atoms with Crippen LogP contribution in [0.25, 0.3) is 71.6 Å². The number of hydrogen-bond donors (Lipinski definition) is 0. The first-order valence-electron chi connectivity index (χ1n) is 27.3. The number of rotatable bonds is 8. The normalized spacial score (nSPS) is 13.5. The van der Waals surface area contributed by atoms with Crippen LogP contribution in [-0.2, 0) is 5.41 Å². The van der Waals surface area contributed by atoms with Crippen LogP contribution in [0.15, 0.2) is 285 Å². The molecule has 13 aromatic rings. The molecule has 0 fully saturated rings. The number of nitrogens with zero attached hydrogens (tertiary/aromatic N) is 3. The predicted molar refractivity (Wildman–Crippen MR) is 309 cm³/mol. The smallest absolute Gasteiger partial charge is 0.0726 e. The van der Waals surface area contributed by atoms with Crippen LogP contribution in [0.2, 0.25) is 0 Å². The second-order valence-corrected chi connectivity index (χ2v) is 19.2. The third-order valence-electron chi connectivity index (χ3n) is 15.4. The Bertz CT molecular complexity index is 4480. The first-order valence-corrected chi connectivity index (χ1v) is 25.3. The van der Waals surface area contributed by atoms with Gasteiger partial charge in [-0.3, -0.25) is 0 Å². The molecule has 1 spiro atoms. The van der Waals surface area contributed by atoms with Gasteiger partial charge in [0.2, 0.25) is 0 Å². The lowest BCUT2D eigenvalue weighted by Crippen LogP contribution is -2.26. The van der Waals surface area contributed by atoms with Crippen molar-refractivity contribution < 1.29 is 5.48 Å². The number of aromatic nitrogens is 1. The molecule has 12 aromatic carbocycles. The van der Waals surface area contributed by atoms with Crippen molar-refractivity contribution in [2.24, 2.45) is 0 Å². The number of benzene rings is 12. The van der Waals surface area contributed by atoms with Crippen LogP contribution in [0.4, 0.5) is 34.1 Å². The van der Waals surface area contributed by atoms with Gasteiger partial charge in [-0.1, -0.05) is 200 Å². The second kappa shape index (κ2) is 16.7. The van der Waals surface area contributed by atoms with E-state index in [1.165, 1.54) is 38.8 Å². The van der Waals surface area contributed by atoms with E-state index in [9.17, 15) is 5.48 Å². The number of anilines is 6. The van der Waals surface area contributed by atoms with Gasteiger partial charge in [0.15, 0.2) is 0 Å². The van der Waals surface area contributed by atoms with E-state index >= 15 is 0 Å². The molecule has 346 valence electrons. The zero-order valence-electron chi connectivity index (χ0n) is 44.2. The summed E-state index contributed by atoms with van der Waals surface area (Å²) in [7, 11) is 0. The highest BCUT2D eigenvalue weighted by molar-refractivity contribution is 6.11. The largest absolute Gasteiger partial charge is 0.310 e. The molecule has 0 aliphatic heterocycles. The zero-order chi connectivity index (χ0) is 52.2. The molecule has 0 radical (unpaired) electrons.